The fourth-order valence-electron chi connectivity index (χ4n) is 3.53. The van der Waals surface area contributed by atoms with Crippen molar-refractivity contribution in [3.63, 3.8) is 0 Å². The topological polar surface area (TPSA) is 125 Å². The molecule has 0 aliphatic carbocycles. The largest absolute Gasteiger partial charge is 0.508 e. The first-order chi connectivity index (χ1) is 15.1. The van der Waals surface area contributed by atoms with Gasteiger partial charge in [-0.3, -0.25) is 14.9 Å². The molecule has 0 bridgehead atoms. The third kappa shape index (κ3) is 5.32. The minimum Gasteiger partial charge on any atom is -0.464 e. The second kappa shape index (κ2) is 10.6. The van der Waals surface area contributed by atoms with Crippen LogP contribution in [0.4, 0.5) is 10.5 Å². The number of hydrogen-bond acceptors (Lipinski definition) is 8. The maximum atomic E-state index is 12.9. The van der Waals surface area contributed by atoms with Gasteiger partial charge < -0.3 is 19.1 Å². The quantitative estimate of drug-likeness (QED) is 0.141. The summed E-state index contributed by atoms with van der Waals surface area (Å²) in [6.45, 7) is 8.53. The van der Waals surface area contributed by atoms with Gasteiger partial charge in [-0.05, 0) is 50.5 Å². The zero-order chi connectivity index (χ0) is 24.0. The third-order valence-electron chi connectivity index (χ3n) is 5.06. The van der Waals surface area contributed by atoms with Crippen molar-refractivity contribution in [2.75, 3.05) is 7.11 Å². The van der Waals surface area contributed by atoms with E-state index in [2.05, 4.69) is 6.58 Å². The van der Waals surface area contributed by atoms with Crippen LogP contribution in [0.25, 0.3) is 0 Å². The number of likely N-dealkylation sites (tertiary alicyclic amines) is 1. The molecule has 1 heterocycles. The van der Waals surface area contributed by atoms with Crippen molar-refractivity contribution in [3.8, 4) is 0 Å². The van der Waals surface area contributed by atoms with Gasteiger partial charge in [0.05, 0.1) is 24.0 Å². The Bertz CT molecular complexity index is 934. The molecule has 32 heavy (non-hydrogen) atoms. The molecule has 2 rings (SSSR count). The molecular formula is C22H26N2O8. The molecule has 1 amide bonds. The highest BCUT2D eigenvalue weighted by atomic mass is 16.7. The molecule has 0 radical (unpaired) electrons. The number of hydrogen-bond donors (Lipinski definition) is 0. The van der Waals surface area contributed by atoms with Crippen molar-refractivity contribution < 1.29 is 33.5 Å². The summed E-state index contributed by atoms with van der Waals surface area (Å²) in [5, 5.41) is 10.7. The average molecular weight is 446 g/mol. The maximum absolute atomic E-state index is 12.9. The van der Waals surface area contributed by atoms with E-state index >= 15 is 0 Å². The van der Waals surface area contributed by atoms with Crippen LogP contribution < -0.4 is 0 Å². The molecule has 0 saturated carbocycles. The Labute approximate surface area is 185 Å². The molecule has 1 fully saturated rings. The van der Waals surface area contributed by atoms with Crippen LogP contribution in [-0.4, -0.2) is 47.1 Å². The Balaban J connectivity index is 2.02. The molecule has 0 N–H and O–H groups in total. The number of methoxy groups -OCH3 is 1. The van der Waals surface area contributed by atoms with Gasteiger partial charge in [0.25, 0.3) is 5.69 Å². The number of amides is 1. The Morgan fingerprint density at radius 1 is 1.28 bits per heavy atom. The summed E-state index contributed by atoms with van der Waals surface area (Å²) in [7, 11) is 1.24. The Hall–Kier alpha value is -3.69. The van der Waals surface area contributed by atoms with Gasteiger partial charge in [0, 0.05) is 12.1 Å². The summed E-state index contributed by atoms with van der Waals surface area (Å²) >= 11 is 0. The van der Waals surface area contributed by atoms with Crippen molar-refractivity contribution in [1.82, 2.24) is 4.90 Å². The lowest BCUT2D eigenvalue weighted by Crippen LogP contribution is -2.64. The number of benzene rings is 1. The zero-order valence-corrected chi connectivity index (χ0v) is 18.4. The summed E-state index contributed by atoms with van der Waals surface area (Å²) in [5.41, 5.74) is 1.25. The van der Waals surface area contributed by atoms with Crippen molar-refractivity contribution in [2.24, 2.45) is 5.92 Å². The first-order valence-electron chi connectivity index (χ1n) is 9.88. The summed E-state index contributed by atoms with van der Waals surface area (Å²) in [6, 6.07) is 5.11. The number of nitro groups is 1. The third-order valence-corrected chi connectivity index (χ3v) is 5.06. The molecule has 1 aliphatic rings. The Kier molecular flexibility index (Phi) is 8.11. The van der Waals surface area contributed by atoms with Crippen LogP contribution in [0.2, 0.25) is 0 Å². The first kappa shape index (κ1) is 24.6. The highest BCUT2D eigenvalue weighted by molar-refractivity contribution is 5.99. The average Bonchev–Trinajstić information content (AvgIpc) is 2.75. The number of carbonyl (C=O) groups excluding carboxylic acids is 3. The van der Waals surface area contributed by atoms with Gasteiger partial charge in [0.1, 0.15) is 18.4 Å². The molecule has 3 atom stereocenters. The lowest BCUT2D eigenvalue weighted by atomic mass is 9.80. The second-order valence-electron chi connectivity index (χ2n) is 7.45. The maximum Gasteiger partial charge on any atom is 0.508 e. The van der Waals surface area contributed by atoms with Crippen molar-refractivity contribution in [3.05, 3.63) is 63.9 Å². The van der Waals surface area contributed by atoms with Crippen LogP contribution in [0.5, 0.6) is 0 Å². The van der Waals surface area contributed by atoms with Gasteiger partial charge in [-0.2, -0.15) is 0 Å². The molecular weight excluding hydrogens is 420 g/mol. The molecule has 10 nitrogen and oxygen atoms in total. The van der Waals surface area contributed by atoms with E-state index in [0.717, 1.165) is 0 Å². The van der Waals surface area contributed by atoms with E-state index in [1.807, 2.05) is 0 Å². The predicted molar refractivity (Wildman–Crippen MR) is 113 cm³/mol. The van der Waals surface area contributed by atoms with Gasteiger partial charge in [-0.25, -0.2) is 9.59 Å². The summed E-state index contributed by atoms with van der Waals surface area (Å²) in [6.07, 6.45) is 0.214. The van der Waals surface area contributed by atoms with E-state index in [1.54, 1.807) is 26.8 Å². The van der Waals surface area contributed by atoms with Crippen molar-refractivity contribution in [1.29, 1.82) is 0 Å². The molecule has 10 heteroatoms. The molecule has 0 unspecified atom stereocenters. The van der Waals surface area contributed by atoms with Crippen LogP contribution in [0.15, 0.2) is 48.2 Å². The molecule has 1 aromatic carbocycles. The van der Waals surface area contributed by atoms with Crippen molar-refractivity contribution in [2.45, 2.75) is 45.9 Å². The van der Waals surface area contributed by atoms with Gasteiger partial charge in [0.15, 0.2) is 0 Å². The van der Waals surface area contributed by atoms with Gasteiger partial charge in [0.2, 0.25) is 5.91 Å². The predicted octanol–water partition coefficient (Wildman–Crippen LogP) is 3.51. The lowest BCUT2D eigenvalue weighted by Gasteiger charge is -2.49. The smallest absolute Gasteiger partial charge is 0.464 e. The molecule has 0 aromatic heterocycles. The first-order valence-corrected chi connectivity index (χ1v) is 9.88. The highest BCUT2D eigenvalue weighted by Gasteiger charge is 2.53. The fraction of sp³-hybridized carbons (Fsp3) is 0.409. The van der Waals surface area contributed by atoms with Gasteiger partial charge in [-0.15, -0.1) is 6.58 Å². The number of esters is 1. The molecule has 172 valence electrons. The molecule has 1 aromatic rings. The van der Waals surface area contributed by atoms with E-state index < -0.39 is 35.1 Å². The van der Waals surface area contributed by atoms with E-state index in [1.165, 1.54) is 36.3 Å². The molecule has 1 aliphatic heterocycles. The van der Waals surface area contributed by atoms with Gasteiger partial charge in [-0.1, -0.05) is 6.08 Å². The number of nitro benzene ring substituents is 1. The van der Waals surface area contributed by atoms with E-state index in [-0.39, 0.29) is 23.9 Å². The fourth-order valence-corrected chi connectivity index (χ4v) is 3.53. The normalized spacial score (nSPS) is 18.1. The number of β-lactam (4-membered cyclic amide) rings is 1. The minimum absolute atomic E-state index is 0.0750. The second-order valence-corrected chi connectivity index (χ2v) is 7.45. The number of rotatable bonds is 9. The summed E-state index contributed by atoms with van der Waals surface area (Å²) in [5.74, 6) is -1.67. The van der Waals surface area contributed by atoms with E-state index in [9.17, 15) is 24.5 Å². The number of ether oxygens (including phenoxy) is 3. The number of nitrogens with zero attached hydrogens (tertiary/aromatic N) is 2. The number of carbonyl (C=O) groups is 3. The van der Waals surface area contributed by atoms with Crippen LogP contribution >= 0.6 is 0 Å². The van der Waals surface area contributed by atoms with Crippen LogP contribution in [-0.2, 0) is 30.4 Å². The minimum atomic E-state index is -0.977. The zero-order valence-electron chi connectivity index (χ0n) is 18.4. The monoisotopic (exact) mass is 446 g/mol. The van der Waals surface area contributed by atoms with Crippen LogP contribution in [0.1, 0.15) is 32.8 Å². The molecule has 1 saturated heterocycles. The number of non-ortho nitro benzene ring substituents is 1. The van der Waals surface area contributed by atoms with Crippen LogP contribution in [0.3, 0.4) is 0 Å². The summed E-state index contributed by atoms with van der Waals surface area (Å²) < 4.78 is 15.1. The summed E-state index contributed by atoms with van der Waals surface area (Å²) in [4.78, 5) is 48.7. The number of allylic oxidation sites excluding steroid dienone is 1. The Morgan fingerprint density at radius 3 is 2.41 bits per heavy atom. The molecule has 0 spiro atoms. The van der Waals surface area contributed by atoms with Gasteiger partial charge >= 0.3 is 12.1 Å². The van der Waals surface area contributed by atoms with Crippen LogP contribution in [0, 0.1) is 16.0 Å². The van der Waals surface area contributed by atoms with E-state index in [4.69, 9.17) is 14.2 Å². The highest BCUT2D eigenvalue weighted by Crippen LogP contribution is 2.38. The van der Waals surface area contributed by atoms with E-state index in [0.29, 0.717) is 17.6 Å². The lowest BCUT2D eigenvalue weighted by molar-refractivity contribution is -0.384. The standard InChI is InChI=1S/C22H26N2O8/c1-6-7-17-18(20(25)23(17)19(13(2)3)21(26)30-5)14(4)32-22(27)31-12-15-8-10-16(11-9-15)24(28)29/h6,8-11,14,17-18H,1,7,12H2,2-5H3/t14-,17+,18+/m0/s1. The van der Waals surface area contributed by atoms with Crippen molar-refractivity contribution >= 4 is 23.7 Å². The Morgan fingerprint density at radius 2 is 1.91 bits per heavy atom. The SMILES string of the molecule is C=CC[C@@H]1[C@@H]([C@H](C)OC(=O)OCc2ccc([N+](=O)[O-])cc2)C(=O)N1C(C(=O)OC)=C(C)C.